The van der Waals surface area contributed by atoms with E-state index in [4.69, 9.17) is 0 Å². The summed E-state index contributed by atoms with van der Waals surface area (Å²) in [6.45, 7) is 1.95. The van der Waals surface area contributed by atoms with Crippen molar-refractivity contribution < 1.29 is 4.79 Å². The number of aryl methyl sites for hydroxylation is 1. The molecule has 0 spiro atoms. The summed E-state index contributed by atoms with van der Waals surface area (Å²) in [6, 6.07) is 0. The average Bonchev–Trinajstić information content (AvgIpc) is 3.12. The van der Waals surface area contributed by atoms with Crippen LogP contribution in [-0.4, -0.2) is 42.3 Å². The Kier molecular flexibility index (Phi) is 2.58. The molecule has 0 atom stereocenters. The molecule has 7 nitrogen and oxygen atoms in total. The van der Waals surface area contributed by atoms with Crippen molar-refractivity contribution in [2.24, 2.45) is 0 Å². The van der Waals surface area contributed by atoms with Gasteiger partial charge in [0.05, 0.1) is 6.54 Å². The molecule has 2 aromatic rings. The van der Waals surface area contributed by atoms with Crippen LogP contribution >= 0.6 is 0 Å². The Labute approximate surface area is 116 Å². The highest BCUT2D eigenvalue weighted by Gasteiger charge is 2.28. The maximum absolute atomic E-state index is 12.7. The molecular formula is C13H16N6O. The molecule has 0 radical (unpaired) electrons. The number of nitrogens with zero attached hydrogens (tertiary/aromatic N) is 5. The number of hydrogen-bond donors (Lipinski definition) is 1. The van der Waals surface area contributed by atoms with Crippen molar-refractivity contribution in [2.45, 2.75) is 38.8 Å². The van der Waals surface area contributed by atoms with Crippen molar-refractivity contribution in [3.8, 4) is 0 Å². The van der Waals surface area contributed by atoms with Crippen LogP contribution in [0.25, 0.3) is 0 Å². The number of H-pyrrole nitrogens is 1. The summed E-state index contributed by atoms with van der Waals surface area (Å²) < 4.78 is 1.99. The number of rotatable bonds is 1. The molecule has 3 heterocycles. The number of aromatic nitrogens is 5. The Hall–Kier alpha value is -2.18. The Balaban J connectivity index is 1.61. The third-order valence-corrected chi connectivity index (χ3v) is 4.18. The summed E-state index contributed by atoms with van der Waals surface area (Å²) in [5.74, 6) is 0.854. The van der Waals surface area contributed by atoms with E-state index >= 15 is 0 Å². The molecule has 7 heteroatoms. The number of carbonyl (C=O) groups is 1. The van der Waals surface area contributed by atoms with Gasteiger partial charge in [0.2, 0.25) is 0 Å². The third-order valence-electron chi connectivity index (χ3n) is 4.18. The summed E-state index contributed by atoms with van der Waals surface area (Å²) >= 11 is 0. The first-order chi connectivity index (χ1) is 9.83. The zero-order chi connectivity index (χ0) is 13.5. The highest BCUT2D eigenvalue weighted by Crippen LogP contribution is 2.24. The molecule has 1 amide bonds. The summed E-state index contributed by atoms with van der Waals surface area (Å²) in [4.78, 5) is 14.5. The van der Waals surface area contributed by atoms with Gasteiger partial charge >= 0.3 is 0 Å². The molecule has 0 bridgehead atoms. The van der Waals surface area contributed by atoms with Crippen molar-refractivity contribution in [2.75, 3.05) is 6.54 Å². The molecule has 2 aliphatic rings. The van der Waals surface area contributed by atoms with Crippen LogP contribution in [0.1, 0.15) is 40.4 Å². The Morgan fingerprint density at radius 2 is 2.15 bits per heavy atom. The second-order valence-corrected chi connectivity index (χ2v) is 5.40. The van der Waals surface area contributed by atoms with Gasteiger partial charge in [-0.15, -0.1) is 10.2 Å². The number of nitrogens with one attached hydrogen (secondary N) is 1. The number of carbonyl (C=O) groups excluding carboxylic acids is 1. The highest BCUT2D eigenvalue weighted by molar-refractivity contribution is 5.94. The van der Waals surface area contributed by atoms with Gasteiger partial charge in [-0.3, -0.25) is 9.89 Å². The molecular weight excluding hydrogens is 256 g/mol. The Bertz CT molecular complexity index is 658. The van der Waals surface area contributed by atoms with Gasteiger partial charge in [0.15, 0.2) is 11.5 Å². The summed E-state index contributed by atoms with van der Waals surface area (Å²) in [6.07, 6.45) is 5.99. The topological polar surface area (TPSA) is 79.7 Å². The smallest absolute Gasteiger partial charge is 0.275 e. The van der Waals surface area contributed by atoms with E-state index in [1.54, 1.807) is 6.33 Å². The monoisotopic (exact) mass is 272 g/mol. The molecule has 1 aliphatic heterocycles. The van der Waals surface area contributed by atoms with Crippen molar-refractivity contribution in [1.82, 2.24) is 29.9 Å². The zero-order valence-electron chi connectivity index (χ0n) is 11.2. The molecule has 0 aromatic carbocycles. The van der Waals surface area contributed by atoms with Crippen LogP contribution < -0.4 is 0 Å². The van der Waals surface area contributed by atoms with Gasteiger partial charge in [-0.25, -0.2) is 0 Å². The van der Waals surface area contributed by atoms with Crippen LogP contribution in [0.15, 0.2) is 6.33 Å². The minimum Gasteiger partial charge on any atom is -0.328 e. The van der Waals surface area contributed by atoms with Gasteiger partial charge in [0, 0.05) is 24.3 Å². The average molecular weight is 272 g/mol. The van der Waals surface area contributed by atoms with E-state index in [-0.39, 0.29) is 5.91 Å². The van der Waals surface area contributed by atoms with Gasteiger partial charge in [0.25, 0.3) is 5.91 Å². The highest BCUT2D eigenvalue weighted by atomic mass is 16.2. The summed E-state index contributed by atoms with van der Waals surface area (Å²) in [5, 5.41) is 15.2. The molecule has 0 unspecified atom stereocenters. The molecule has 1 N–H and O–H groups in total. The van der Waals surface area contributed by atoms with Gasteiger partial charge < -0.3 is 9.47 Å². The van der Waals surface area contributed by atoms with Crippen LogP contribution in [0.2, 0.25) is 0 Å². The molecule has 0 fully saturated rings. The molecule has 0 saturated heterocycles. The normalized spacial score (nSPS) is 17.7. The Morgan fingerprint density at radius 1 is 1.25 bits per heavy atom. The Morgan fingerprint density at radius 3 is 3.10 bits per heavy atom. The predicted octanol–water partition coefficient (Wildman–Crippen LogP) is 0.536. The molecule has 0 saturated carbocycles. The number of amides is 1. The fraction of sp³-hybridized carbons (Fsp3) is 0.538. The van der Waals surface area contributed by atoms with Gasteiger partial charge in [-0.1, -0.05) is 0 Å². The first-order valence-corrected chi connectivity index (χ1v) is 7.05. The number of aromatic amines is 1. The maximum atomic E-state index is 12.7. The van der Waals surface area contributed by atoms with Crippen molar-refractivity contribution in [3.63, 3.8) is 0 Å². The van der Waals surface area contributed by atoms with Gasteiger partial charge in [0.1, 0.15) is 6.33 Å². The predicted molar refractivity (Wildman–Crippen MR) is 70.0 cm³/mol. The van der Waals surface area contributed by atoms with E-state index in [0.717, 1.165) is 42.9 Å². The van der Waals surface area contributed by atoms with Crippen LogP contribution in [0.5, 0.6) is 0 Å². The van der Waals surface area contributed by atoms with E-state index in [9.17, 15) is 4.79 Å². The molecule has 20 heavy (non-hydrogen) atoms. The lowest BCUT2D eigenvalue weighted by Gasteiger charge is -2.26. The second-order valence-electron chi connectivity index (χ2n) is 5.40. The van der Waals surface area contributed by atoms with Gasteiger partial charge in [-0.2, -0.15) is 5.10 Å². The van der Waals surface area contributed by atoms with Crippen molar-refractivity contribution >= 4 is 5.91 Å². The maximum Gasteiger partial charge on any atom is 0.275 e. The largest absolute Gasteiger partial charge is 0.328 e. The van der Waals surface area contributed by atoms with E-state index in [1.165, 1.54) is 6.42 Å². The quantitative estimate of drug-likeness (QED) is 0.821. The number of hydrogen-bond acceptors (Lipinski definition) is 4. The minimum atomic E-state index is 0.0126. The number of fused-ring (bicyclic) bond motifs is 2. The first kappa shape index (κ1) is 11.6. The third kappa shape index (κ3) is 1.73. The van der Waals surface area contributed by atoms with E-state index in [2.05, 4.69) is 20.4 Å². The molecule has 4 rings (SSSR count). The summed E-state index contributed by atoms with van der Waals surface area (Å²) in [7, 11) is 0. The zero-order valence-corrected chi connectivity index (χ0v) is 11.2. The van der Waals surface area contributed by atoms with Crippen molar-refractivity contribution in [3.05, 3.63) is 29.1 Å². The van der Waals surface area contributed by atoms with Crippen molar-refractivity contribution in [1.29, 1.82) is 0 Å². The SMILES string of the molecule is O=C(c1n[nH]c2c1CCCC2)N1CCn2cnnc2C1. The first-order valence-electron chi connectivity index (χ1n) is 7.05. The van der Waals surface area contributed by atoms with E-state index < -0.39 is 0 Å². The van der Waals surface area contributed by atoms with Crippen LogP contribution in [0.4, 0.5) is 0 Å². The van der Waals surface area contributed by atoms with Crippen LogP contribution in [0.3, 0.4) is 0 Å². The fourth-order valence-electron chi connectivity index (χ4n) is 3.05. The lowest BCUT2D eigenvalue weighted by Crippen LogP contribution is -2.38. The fourth-order valence-corrected chi connectivity index (χ4v) is 3.05. The molecule has 1 aliphatic carbocycles. The minimum absolute atomic E-state index is 0.0126. The second kappa shape index (κ2) is 4.43. The lowest BCUT2D eigenvalue weighted by molar-refractivity contribution is 0.0700. The van der Waals surface area contributed by atoms with Gasteiger partial charge in [-0.05, 0) is 25.7 Å². The lowest BCUT2D eigenvalue weighted by atomic mass is 9.95. The molecule has 104 valence electrons. The van der Waals surface area contributed by atoms with E-state index in [1.807, 2.05) is 9.47 Å². The molecule has 2 aromatic heterocycles. The summed E-state index contributed by atoms with van der Waals surface area (Å²) in [5.41, 5.74) is 2.86. The van der Waals surface area contributed by atoms with Crippen LogP contribution in [-0.2, 0) is 25.9 Å². The van der Waals surface area contributed by atoms with E-state index in [0.29, 0.717) is 18.8 Å². The van der Waals surface area contributed by atoms with Crippen LogP contribution in [0, 0.1) is 0 Å². The standard InChI is InChI=1S/C13H16N6O/c20-13(12-9-3-1-2-4-10(9)15-17-12)18-5-6-19-8-14-16-11(19)7-18/h8H,1-7H2,(H,15,17).